The van der Waals surface area contributed by atoms with Gasteiger partial charge in [-0.2, -0.15) is 0 Å². The van der Waals surface area contributed by atoms with Crippen molar-refractivity contribution in [3.8, 4) is 0 Å². The van der Waals surface area contributed by atoms with E-state index in [-0.39, 0.29) is 0 Å². The summed E-state index contributed by atoms with van der Waals surface area (Å²) < 4.78 is 5.19. The smallest absolute Gasteiger partial charge is 0.101 e. The quantitative estimate of drug-likeness (QED) is 0.845. The molecule has 1 saturated heterocycles. The van der Waals surface area contributed by atoms with Gasteiger partial charge in [0.1, 0.15) is 5.03 Å². The molecule has 0 amide bonds. The maximum atomic E-state index is 5.19. The molecule has 4 heteroatoms. The predicted octanol–water partition coefficient (Wildman–Crippen LogP) is 1.82. The lowest BCUT2D eigenvalue weighted by Crippen LogP contribution is -2.30. The second-order valence-corrected chi connectivity index (χ2v) is 5.69. The van der Waals surface area contributed by atoms with E-state index in [0.717, 1.165) is 25.8 Å². The number of pyridine rings is 1. The summed E-state index contributed by atoms with van der Waals surface area (Å²) in [6.07, 6.45) is 4.54. The minimum absolute atomic E-state index is 0.606. The fraction of sp³-hybridized carbons (Fsp3) is 0.583. The molecule has 0 aromatic carbocycles. The normalized spacial score (nSPS) is 20.8. The Morgan fingerprint density at radius 3 is 3.00 bits per heavy atom. The van der Waals surface area contributed by atoms with Gasteiger partial charge in [0.25, 0.3) is 0 Å². The van der Waals surface area contributed by atoms with Crippen molar-refractivity contribution >= 4 is 11.8 Å². The average molecular weight is 236 g/mol. The Balaban J connectivity index is 1.63. The second kappa shape index (κ2) is 4.73. The Kier molecular flexibility index (Phi) is 3.13. The van der Waals surface area contributed by atoms with E-state index in [2.05, 4.69) is 16.4 Å². The van der Waals surface area contributed by atoms with Crippen molar-refractivity contribution in [2.75, 3.05) is 13.2 Å². The zero-order valence-corrected chi connectivity index (χ0v) is 10.0. The number of hydrogen-bond donors (Lipinski definition) is 1. The molecule has 0 radical (unpaired) electrons. The molecule has 1 aromatic rings. The van der Waals surface area contributed by atoms with Gasteiger partial charge in [-0.1, -0.05) is 17.8 Å². The SMILES string of the molecule is c1cnc(SC2COC2)c(CNC2CC2)c1. The zero-order valence-electron chi connectivity index (χ0n) is 9.19. The number of thioether (sulfide) groups is 1. The molecule has 1 saturated carbocycles. The summed E-state index contributed by atoms with van der Waals surface area (Å²) >= 11 is 1.85. The lowest BCUT2D eigenvalue weighted by molar-refractivity contribution is 0.0454. The largest absolute Gasteiger partial charge is 0.379 e. The lowest BCUT2D eigenvalue weighted by atomic mass is 10.3. The first-order valence-corrected chi connectivity index (χ1v) is 6.71. The van der Waals surface area contributed by atoms with Gasteiger partial charge < -0.3 is 10.1 Å². The fourth-order valence-corrected chi connectivity index (χ4v) is 2.70. The molecule has 1 aliphatic heterocycles. The maximum Gasteiger partial charge on any atom is 0.101 e. The van der Waals surface area contributed by atoms with Crippen molar-refractivity contribution in [2.45, 2.75) is 35.7 Å². The molecule has 0 unspecified atom stereocenters. The van der Waals surface area contributed by atoms with Crippen molar-refractivity contribution in [1.29, 1.82) is 0 Å². The second-order valence-electron chi connectivity index (χ2n) is 4.40. The van der Waals surface area contributed by atoms with Gasteiger partial charge in [-0.05, 0) is 24.5 Å². The van der Waals surface area contributed by atoms with E-state index in [1.165, 1.54) is 23.4 Å². The molecule has 1 aliphatic carbocycles. The summed E-state index contributed by atoms with van der Waals surface area (Å²) in [5, 5.41) is 5.31. The molecular formula is C12H16N2OS. The van der Waals surface area contributed by atoms with Gasteiger partial charge in [0.15, 0.2) is 0 Å². The molecule has 3 nitrogen and oxygen atoms in total. The van der Waals surface area contributed by atoms with E-state index in [1.54, 1.807) is 0 Å². The third-order valence-electron chi connectivity index (χ3n) is 2.89. The Morgan fingerprint density at radius 2 is 2.31 bits per heavy atom. The van der Waals surface area contributed by atoms with Crippen molar-refractivity contribution in [3.05, 3.63) is 23.9 Å². The fourth-order valence-electron chi connectivity index (χ4n) is 1.65. The van der Waals surface area contributed by atoms with Crippen molar-refractivity contribution in [3.63, 3.8) is 0 Å². The Bertz CT molecular complexity index is 364. The minimum Gasteiger partial charge on any atom is -0.379 e. The van der Waals surface area contributed by atoms with E-state index >= 15 is 0 Å². The van der Waals surface area contributed by atoms with Crippen LogP contribution in [-0.4, -0.2) is 29.5 Å². The van der Waals surface area contributed by atoms with Crippen LogP contribution in [0.25, 0.3) is 0 Å². The van der Waals surface area contributed by atoms with Crippen LogP contribution in [0.1, 0.15) is 18.4 Å². The van der Waals surface area contributed by atoms with E-state index in [1.807, 2.05) is 24.0 Å². The molecule has 0 bridgehead atoms. The van der Waals surface area contributed by atoms with E-state index < -0.39 is 0 Å². The molecule has 0 atom stereocenters. The van der Waals surface area contributed by atoms with Crippen molar-refractivity contribution < 1.29 is 4.74 Å². The summed E-state index contributed by atoms with van der Waals surface area (Å²) in [6, 6.07) is 4.94. The number of hydrogen-bond acceptors (Lipinski definition) is 4. The summed E-state index contributed by atoms with van der Waals surface area (Å²) in [4.78, 5) is 4.47. The summed E-state index contributed by atoms with van der Waals surface area (Å²) in [5.74, 6) is 0. The third-order valence-corrected chi connectivity index (χ3v) is 4.09. The summed E-state index contributed by atoms with van der Waals surface area (Å²) in [6.45, 7) is 2.70. The van der Waals surface area contributed by atoms with Gasteiger partial charge >= 0.3 is 0 Å². The standard InChI is InChI=1S/C12H16N2OS/c1-2-9(6-14-10-3-4-10)12(13-5-1)16-11-7-15-8-11/h1-2,5,10-11,14H,3-4,6-8H2. The van der Waals surface area contributed by atoms with Gasteiger partial charge in [-0.3, -0.25) is 0 Å². The molecular weight excluding hydrogens is 220 g/mol. The van der Waals surface area contributed by atoms with Crippen LogP contribution in [-0.2, 0) is 11.3 Å². The molecule has 0 spiro atoms. The highest BCUT2D eigenvalue weighted by atomic mass is 32.2. The molecule has 2 aliphatic rings. The maximum absolute atomic E-state index is 5.19. The first-order chi connectivity index (χ1) is 7.92. The summed E-state index contributed by atoms with van der Waals surface area (Å²) in [7, 11) is 0. The highest BCUT2D eigenvalue weighted by Crippen LogP contribution is 2.29. The first-order valence-electron chi connectivity index (χ1n) is 5.83. The number of aromatic nitrogens is 1. The molecule has 1 aromatic heterocycles. The van der Waals surface area contributed by atoms with Gasteiger partial charge in [0.05, 0.1) is 18.5 Å². The molecule has 2 heterocycles. The van der Waals surface area contributed by atoms with Crippen molar-refractivity contribution in [2.24, 2.45) is 0 Å². The van der Waals surface area contributed by atoms with Crippen LogP contribution in [0.3, 0.4) is 0 Å². The van der Waals surface area contributed by atoms with E-state index in [9.17, 15) is 0 Å². The average Bonchev–Trinajstić information content (AvgIpc) is 3.05. The van der Waals surface area contributed by atoms with Crippen LogP contribution in [0.2, 0.25) is 0 Å². The van der Waals surface area contributed by atoms with Crippen LogP contribution < -0.4 is 5.32 Å². The van der Waals surface area contributed by atoms with Crippen LogP contribution in [0, 0.1) is 0 Å². The Morgan fingerprint density at radius 1 is 1.44 bits per heavy atom. The third kappa shape index (κ3) is 2.56. The molecule has 3 rings (SSSR count). The molecule has 16 heavy (non-hydrogen) atoms. The number of ether oxygens (including phenoxy) is 1. The minimum atomic E-state index is 0.606. The van der Waals surface area contributed by atoms with E-state index in [4.69, 9.17) is 4.74 Å². The van der Waals surface area contributed by atoms with Gasteiger partial charge in [-0.15, -0.1) is 0 Å². The number of nitrogens with zero attached hydrogens (tertiary/aromatic N) is 1. The topological polar surface area (TPSA) is 34.1 Å². The van der Waals surface area contributed by atoms with Crippen molar-refractivity contribution in [1.82, 2.24) is 10.3 Å². The van der Waals surface area contributed by atoms with Crippen LogP contribution in [0.15, 0.2) is 23.4 Å². The first kappa shape index (κ1) is 10.6. The highest BCUT2D eigenvalue weighted by Gasteiger charge is 2.23. The van der Waals surface area contributed by atoms with Crippen LogP contribution >= 0.6 is 11.8 Å². The predicted molar refractivity (Wildman–Crippen MR) is 64.6 cm³/mol. The van der Waals surface area contributed by atoms with Gasteiger partial charge in [-0.25, -0.2) is 4.98 Å². The molecule has 86 valence electrons. The molecule has 2 fully saturated rings. The Labute approximate surface area is 100.0 Å². The van der Waals surface area contributed by atoms with Crippen LogP contribution in [0.5, 0.6) is 0 Å². The Hall–Kier alpha value is -0.580. The van der Waals surface area contributed by atoms with Gasteiger partial charge in [0, 0.05) is 18.8 Å². The lowest BCUT2D eigenvalue weighted by Gasteiger charge is -2.25. The summed E-state index contributed by atoms with van der Waals surface area (Å²) in [5.41, 5.74) is 1.33. The van der Waals surface area contributed by atoms with E-state index in [0.29, 0.717) is 5.25 Å². The van der Waals surface area contributed by atoms with Gasteiger partial charge in [0.2, 0.25) is 0 Å². The van der Waals surface area contributed by atoms with Crippen LogP contribution in [0.4, 0.5) is 0 Å². The highest BCUT2D eigenvalue weighted by molar-refractivity contribution is 8.00. The number of nitrogens with one attached hydrogen (secondary N) is 1. The number of rotatable bonds is 5. The monoisotopic (exact) mass is 236 g/mol. The zero-order chi connectivity index (χ0) is 10.8. The molecule has 1 N–H and O–H groups in total.